The molecular formula is C25H23N3O2. The maximum Gasteiger partial charge on any atom is 0.278 e. The van der Waals surface area contributed by atoms with Crippen molar-refractivity contribution < 1.29 is 9.59 Å². The van der Waals surface area contributed by atoms with Crippen LogP contribution >= 0.6 is 0 Å². The first-order valence-corrected chi connectivity index (χ1v) is 9.83. The van der Waals surface area contributed by atoms with Gasteiger partial charge in [-0.25, -0.2) is 0 Å². The average molecular weight is 397 g/mol. The highest BCUT2D eigenvalue weighted by Crippen LogP contribution is 2.35. The topological polar surface area (TPSA) is 53.5 Å². The van der Waals surface area contributed by atoms with Crippen molar-refractivity contribution in [1.29, 1.82) is 0 Å². The molecule has 5 heteroatoms. The lowest BCUT2D eigenvalue weighted by Crippen LogP contribution is -2.33. The first-order valence-electron chi connectivity index (χ1n) is 9.83. The molecule has 1 aliphatic rings. The summed E-state index contributed by atoms with van der Waals surface area (Å²) in [6.07, 6.45) is 3.35. The number of hydrogen-bond acceptors (Lipinski definition) is 4. The summed E-state index contributed by atoms with van der Waals surface area (Å²) in [6.45, 7) is 4.17. The maximum atomic E-state index is 13.5. The Hall–Kier alpha value is -3.73. The molecule has 30 heavy (non-hydrogen) atoms. The van der Waals surface area contributed by atoms with Crippen LogP contribution in [0.1, 0.15) is 22.3 Å². The van der Waals surface area contributed by atoms with Crippen molar-refractivity contribution in [2.45, 2.75) is 20.4 Å². The largest absolute Gasteiger partial charge is 0.339 e. The number of anilines is 1. The molecule has 1 aliphatic heterocycles. The molecule has 0 aliphatic carbocycles. The van der Waals surface area contributed by atoms with Gasteiger partial charge in [-0.2, -0.15) is 0 Å². The number of amides is 2. The third kappa shape index (κ3) is 3.50. The number of aromatic nitrogens is 1. The fraction of sp³-hybridized carbons (Fsp3) is 0.160. The van der Waals surface area contributed by atoms with E-state index in [-0.39, 0.29) is 18.4 Å². The Morgan fingerprint density at radius 3 is 2.37 bits per heavy atom. The Bertz CT molecular complexity index is 1140. The number of aryl methyl sites for hydroxylation is 2. The van der Waals surface area contributed by atoms with E-state index in [1.807, 2.05) is 75.5 Å². The van der Waals surface area contributed by atoms with Gasteiger partial charge < -0.3 is 4.90 Å². The van der Waals surface area contributed by atoms with Gasteiger partial charge in [-0.15, -0.1) is 0 Å². The van der Waals surface area contributed by atoms with Crippen LogP contribution in [-0.4, -0.2) is 28.7 Å². The molecule has 2 aromatic carbocycles. The normalized spacial score (nSPS) is 13.9. The second-order valence-corrected chi connectivity index (χ2v) is 7.49. The molecule has 0 spiro atoms. The predicted molar refractivity (Wildman–Crippen MR) is 117 cm³/mol. The first kappa shape index (κ1) is 19.6. The summed E-state index contributed by atoms with van der Waals surface area (Å²) in [5.41, 5.74) is 5.34. The molecular weight excluding hydrogens is 374 g/mol. The van der Waals surface area contributed by atoms with E-state index in [1.54, 1.807) is 23.4 Å². The van der Waals surface area contributed by atoms with Gasteiger partial charge >= 0.3 is 0 Å². The van der Waals surface area contributed by atoms with Gasteiger partial charge in [-0.05, 0) is 48.7 Å². The average Bonchev–Trinajstić information content (AvgIpc) is 2.99. The minimum Gasteiger partial charge on any atom is -0.339 e. The first-order chi connectivity index (χ1) is 14.5. The fourth-order valence-electron chi connectivity index (χ4n) is 3.81. The quantitative estimate of drug-likeness (QED) is 0.608. The summed E-state index contributed by atoms with van der Waals surface area (Å²) in [5.74, 6) is -0.584. The third-order valence-corrected chi connectivity index (χ3v) is 5.34. The minimum atomic E-state index is -0.301. The van der Waals surface area contributed by atoms with Gasteiger partial charge in [0.2, 0.25) is 0 Å². The number of carbonyl (C=O) groups is 2. The summed E-state index contributed by atoms with van der Waals surface area (Å²) in [4.78, 5) is 34.2. The zero-order valence-electron chi connectivity index (χ0n) is 17.3. The lowest BCUT2D eigenvalue weighted by Gasteiger charge is -2.21. The van der Waals surface area contributed by atoms with Crippen molar-refractivity contribution in [3.05, 3.63) is 101 Å². The zero-order valence-corrected chi connectivity index (χ0v) is 17.3. The second-order valence-electron chi connectivity index (χ2n) is 7.49. The molecule has 0 saturated carbocycles. The van der Waals surface area contributed by atoms with E-state index >= 15 is 0 Å². The molecule has 0 unspecified atom stereocenters. The SMILES string of the molecule is Cc1ccc(C2=C(N(C)c3ccccc3)C(=O)N(Cc3cccnc3)C2=O)c(C)c1. The summed E-state index contributed by atoms with van der Waals surface area (Å²) in [6, 6.07) is 19.2. The number of nitrogens with zero attached hydrogens (tertiary/aromatic N) is 3. The van der Waals surface area contributed by atoms with Gasteiger partial charge in [0, 0.05) is 25.1 Å². The standard InChI is InChI=1S/C25H23N3O2/c1-17-11-12-21(18(2)14-17)22-23(27(3)20-9-5-4-6-10-20)25(30)28(24(22)29)16-19-8-7-13-26-15-19/h4-15H,16H2,1-3H3. The van der Waals surface area contributed by atoms with Crippen molar-refractivity contribution >= 4 is 23.1 Å². The maximum absolute atomic E-state index is 13.5. The van der Waals surface area contributed by atoms with Crippen LogP contribution in [0.2, 0.25) is 0 Å². The van der Waals surface area contributed by atoms with E-state index in [9.17, 15) is 9.59 Å². The molecule has 0 bridgehead atoms. The Labute approximate surface area is 176 Å². The van der Waals surface area contributed by atoms with Gasteiger partial charge in [0.05, 0.1) is 12.1 Å². The van der Waals surface area contributed by atoms with E-state index in [2.05, 4.69) is 4.98 Å². The van der Waals surface area contributed by atoms with Crippen LogP contribution in [0.25, 0.3) is 5.57 Å². The number of rotatable bonds is 5. The Balaban J connectivity index is 1.83. The van der Waals surface area contributed by atoms with Gasteiger partial charge in [-0.3, -0.25) is 19.5 Å². The van der Waals surface area contributed by atoms with Crippen LogP contribution in [0.15, 0.2) is 78.8 Å². The summed E-state index contributed by atoms with van der Waals surface area (Å²) in [7, 11) is 1.83. The molecule has 0 fully saturated rings. The van der Waals surface area contributed by atoms with E-state index in [4.69, 9.17) is 0 Å². The molecule has 0 N–H and O–H groups in total. The number of imide groups is 1. The van der Waals surface area contributed by atoms with Crippen LogP contribution in [-0.2, 0) is 16.1 Å². The number of likely N-dealkylation sites (N-methyl/N-ethyl adjacent to an activating group) is 1. The fourth-order valence-corrected chi connectivity index (χ4v) is 3.81. The number of pyridine rings is 1. The van der Waals surface area contributed by atoms with Crippen molar-refractivity contribution in [1.82, 2.24) is 9.88 Å². The predicted octanol–water partition coefficient (Wildman–Crippen LogP) is 4.11. The lowest BCUT2D eigenvalue weighted by atomic mass is 9.97. The molecule has 0 saturated heterocycles. The number of carbonyl (C=O) groups excluding carboxylic acids is 2. The Morgan fingerprint density at radius 1 is 0.933 bits per heavy atom. The Morgan fingerprint density at radius 2 is 1.70 bits per heavy atom. The molecule has 0 atom stereocenters. The van der Waals surface area contributed by atoms with Gasteiger partial charge in [0.1, 0.15) is 5.70 Å². The number of para-hydroxylation sites is 1. The van der Waals surface area contributed by atoms with E-state index in [0.29, 0.717) is 11.3 Å². The minimum absolute atomic E-state index is 0.187. The smallest absolute Gasteiger partial charge is 0.278 e. The van der Waals surface area contributed by atoms with Crippen LogP contribution in [0, 0.1) is 13.8 Å². The number of hydrogen-bond donors (Lipinski definition) is 0. The molecule has 2 heterocycles. The molecule has 5 nitrogen and oxygen atoms in total. The Kier molecular flexibility index (Phi) is 5.19. The monoisotopic (exact) mass is 397 g/mol. The molecule has 150 valence electrons. The van der Waals surface area contributed by atoms with Crippen molar-refractivity contribution in [2.24, 2.45) is 0 Å². The molecule has 2 amide bonds. The number of benzene rings is 2. The van der Waals surface area contributed by atoms with Crippen molar-refractivity contribution in [3.63, 3.8) is 0 Å². The molecule has 4 rings (SSSR count). The summed E-state index contributed by atoms with van der Waals surface area (Å²) < 4.78 is 0. The van der Waals surface area contributed by atoms with Crippen LogP contribution in [0.4, 0.5) is 5.69 Å². The summed E-state index contributed by atoms with van der Waals surface area (Å²) >= 11 is 0. The highest BCUT2D eigenvalue weighted by molar-refractivity contribution is 6.36. The van der Waals surface area contributed by atoms with Crippen LogP contribution < -0.4 is 4.90 Å². The third-order valence-electron chi connectivity index (χ3n) is 5.34. The molecule has 3 aromatic rings. The van der Waals surface area contributed by atoms with Crippen LogP contribution in [0.5, 0.6) is 0 Å². The highest BCUT2D eigenvalue weighted by Gasteiger charge is 2.41. The van der Waals surface area contributed by atoms with E-state index in [1.165, 1.54) is 4.90 Å². The molecule has 0 radical (unpaired) electrons. The van der Waals surface area contributed by atoms with Gasteiger partial charge in [-0.1, -0.05) is 48.0 Å². The second kappa shape index (κ2) is 7.95. The van der Waals surface area contributed by atoms with Crippen molar-refractivity contribution in [3.8, 4) is 0 Å². The lowest BCUT2D eigenvalue weighted by molar-refractivity contribution is -0.137. The zero-order chi connectivity index (χ0) is 21.3. The highest BCUT2D eigenvalue weighted by atomic mass is 16.2. The van der Waals surface area contributed by atoms with E-state index < -0.39 is 0 Å². The molecule has 1 aromatic heterocycles. The van der Waals surface area contributed by atoms with Gasteiger partial charge in [0.25, 0.3) is 11.8 Å². The van der Waals surface area contributed by atoms with Crippen LogP contribution in [0.3, 0.4) is 0 Å². The summed E-state index contributed by atoms with van der Waals surface area (Å²) in [5, 5.41) is 0. The van der Waals surface area contributed by atoms with E-state index in [0.717, 1.165) is 27.9 Å². The van der Waals surface area contributed by atoms with Gasteiger partial charge in [0.15, 0.2) is 0 Å². The van der Waals surface area contributed by atoms with Crippen molar-refractivity contribution in [2.75, 3.05) is 11.9 Å².